The molecule has 1 atom stereocenters. The Kier molecular flexibility index (Phi) is 3.96. The molecule has 6 nitrogen and oxygen atoms in total. The first-order chi connectivity index (χ1) is 10.4. The molecule has 1 heterocycles. The van der Waals surface area contributed by atoms with Crippen LogP contribution in [0.15, 0.2) is 24.3 Å². The molecule has 22 heavy (non-hydrogen) atoms. The minimum atomic E-state index is -3.53. The van der Waals surface area contributed by atoms with Gasteiger partial charge < -0.3 is 10.6 Å². The highest BCUT2D eigenvalue weighted by molar-refractivity contribution is 7.88. The maximum atomic E-state index is 12.3. The van der Waals surface area contributed by atoms with Crippen LogP contribution in [-0.2, 0) is 20.6 Å². The van der Waals surface area contributed by atoms with E-state index in [0.29, 0.717) is 11.3 Å². The van der Waals surface area contributed by atoms with Gasteiger partial charge >= 0.3 is 0 Å². The minimum Gasteiger partial charge on any atom is -0.326 e. The number of amides is 1. The zero-order valence-electron chi connectivity index (χ0n) is 12.3. The number of piperidine rings is 1. The normalized spacial score (nSPS) is 23.2. The number of nitrogens with two attached hydrogens (primary N) is 1. The first-order valence-electron chi connectivity index (χ1n) is 7.49. The summed E-state index contributed by atoms with van der Waals surface area (Å²) >= 11 is 0. The van der Waals surface area contributed by atoms with E-state index in [-0.39, 0.29) is 23.0 Å². The summed E-state index contributed by atoms with van der Waals surface area (Å²) < 4.78 is 22.1. The quantitative estimate of drug-likeness (QED) is 0.763. The molecule has 1 amide bonds. The van der Waals surface area contributed by atoms with Crippen LogP contribution in [0.5, 0.6) is 0 Å². The summed E-state index contributed by atoms with van der Waals surface area (Å²) in [4.78, 5) is 12.3. The van der Waals surface area contributed by atoms with E-state index >= 15 is 0 Å². The van der Waals surface area contributed by atoms with Crippen LogP contribution >= 0.6 is 0 Å². The lowest BCUT2D eigenvalue weighted by Gasteiger charge is -2.23. The van der Waals surface area contributed by atoms with Gasteiger partial charge in [0.05, 0.1) is 5.75 Å². The molecule has 1 unspecified atom stereocenters. The van der Waals surface area contributed by atoms with Gasteiger partial charge in [-0.2, -0.15) is 0 Å². The first kappa shape index (κ1) is 15.5. The SMILES string of the molecule is NS(=O)(=O)Cc1ccc(NC(=O)C2CC23CCNCC3)cc1. The van der Waals surface area contributed by atoms with Crippen LogP contribution in [0.25, 0.3) is 0 Å². The molecule has 0 aromatic heterocycles. The maximum absolute atomic E-state index is 12.3. The zero-order valence-corrected chi connectivity index (χ0v) is 13.2. The van der Waals surface area contributed by atoms with Crippen LogP contribution in [0.2, 0.25) is 0 Å². The van der Waals surface area contributed by atoms with Crippen molar-refractivity contribution in [2.24, 2.45) is 16.5 Å². The summed E-state index contributed by atoms with van der Waals surface area (Å²) in [6.45, 7) is 1.98. The number of hydrogen-bond acceptors (Lipinski definition) is 4. The second-order valence-corrected chi connectivity index (χ2v) is 7.98. The Balaban J connectivity index is 1.58. The van der Waals surface area contributed by atoms with E-state index in [1.807, 2.05) is 0 Å². The number of hydrogen-bond donors (Lipinski definition) is 3. The van der Waals surface area contributed by atoms with Crippen LogP contribution in [0.3, 0.4) is 0 Å². The van der Waals surface area contributed by atoms with Crippen molar-refractivity contribution in [2.45, 2.75) is 25.0 Å². The molecule has 1 aromatic rings. The van der Waals surface area contributed by atoms with Gasteiger partial charge in [-0.3, -0.25) is 4.79 Å². The lowest BCUT2D eigenvalue weighted by molar-refractivity contribution is -0.118. The molecule has 1 saturated carbocycles. The predicted octanol–water partition coefficient (Wildman–Crippen LogP) is 0.803. The van der Waals surface area contributed by atoms with Crippen LogP contribution in [0, 0.1) is 11.3 Å². The van der Waals surface area contributed by atoms with Crippen molar-refractivity contribution in [3.05, 3.63) is 29.8 Å². The molecule has 1 aliphatic carbocycles. The maximum Gasteiger partial charge on any atom is 0.228 e. The Morgan fingerprint density at radius 2 is 1.91 bits per heavy atom. The van der Waals surface area contributed by atoms with Gasteiger partial charge in [0, 0.05) is 11.6 Å². The molecular formula is C15H21N3O3S. The molecular weight excluding hydrogens is 302 g/mol. The number of nitrogens with one attached hydrogen (secondary N) is 2. The van der Waals surface area contributed by atoms with E-state index in [9.17, 15) is 13.2 Å². The molecule has 1 spiro atoms. The van der Waals surface area contributed by atoms with Gasteiger partial charge in [0.15, 0.2) is 0 Å². The van der Waals surface area contributed by atoms with Crippen LogP contribution in [0.1, 0.15) is 24.8 Å². The van der Waals surface area contributed by atoms with Gasteiger partial charge in [-0.1, -0.05) is 12.1 Å². The number of benzene rings is 1. The summed E-state index contributed by atoms with van der Waals surface area (Å²) in [5.41, 5.74) is 1.52. The molecule has 2 fully saturated rings. The van der Waals surface area contributed by atoms with E-state index in [1.165, 1.54) is 0 Å². The fraction of sp³-hybridized carbons (Fsp3) is 0.533. The molecule has 2 aliphatic rings. The first-order valence-corrected chi connectivity index (χ1v) is 9.21. The van der Waals surface area contributed by atoms with Crippen molar-refractivity contribution in [2.75, 3.05) is 18.4 Å². The van der Waals surface area contributed by atoms with Crippen molar-refractivity contribution in [1.29, 1.82) is 0 Å². The van der Waals surface area contributed by atoms with E-state index in [0.717, 1.165) is 32.4 Å². The smallest absolute Gasteiger partial charge is 0.228 e. The highest BCUT2D eigenvalue weighted by Crippen LogP contribution is 2.58. The van der Waals surface area contributed by atoms with Gasteiger partial charge in [0.25, 0.3) is 0 Å². The summed E-state index contributed by atoms with van der Waals surface area (Å²) in [7, 11) is -3.53. The Labute approximate surface area is 130 Å². The van der Waals surface area contributed by atoms with Gasteiger partial charge in [0.1, 0.15) is 0 Å². The molecule has 1 saturated heterocycles. The molecule has 0 bridgehead atoms. The number of carbonyl (C=O) groups is 1. The number of sulfonamides is 1. The molecule has 4 N–H and O–H groups in total. The van der Waals surface area contributed by atoms with Crippen molar-refractivity contribution in [3.8, 4) is 0 Å². The van der Waals surface area contributed by atoms with Crippen molar-refractivity contribution in [1.82, 2.24) is 5.32 Å². The average Bonchev–Trinajstić information content (AvgIpc) is 3.14. The Bertz CT molecular complexity index is 664. The number of carbonyl (C=O) groups excluding carboxylic acids is 1. The molecule has 1 aliphatic heterocycles. The summed E-state index contributed by atoms with van der Waals surface area (Å²) in [5.74, 6) is -0.0141. The largest absolute Gasteiger partial charge is 0.326 e. The topological polar surface area (TPSA) is 101 Å². The molecule has 3 rings (SSSR count). The second-order valence-electron chi connectivity index (χ2n) is 6.36. The second kappa shape index (κ2) is 5.64. The van der Waals surface area contributed by atoms with Gasteiger partial charge in [0.2, 0.25) is 15.9 Å². The third kappa shape index (κ3) is 3.48. The van der Waals surface area contributed by atoms with Crippen LogP contribution in [0.4, 0.5) is 5.69 Å². The van der Waals surface area contributed by atoms with Gasteiger partial charge in [-0.05, 0) is 55.5 Å². The number of anilines is 1. The summed E-state index contributed by atoms with van der Waals surface area (Å²) in [6, 6.07) is 6.78. The fourth-order valence-electron chi connectivity index (χ4n) is 3.34. The molecule has 0 radical (unpaired) electrons. The average molecular weight is 323 g/mol. The fourth-order valence-corrected chi connectivity index (χ4v) is 4.00. The van der Waals surface area contributed by atoms with E-state index in [4.69, 9.17) is 5.14 Å². The van der Waals surface area contributed by atoms with Crippen LogP contribution < -0.4 is 15.8 Å². The summed E-state index contributed by atoms with van der Waals surface area (Å²) in [5, 5.41) is 11.3. The highest BCUT2D eigenvalue weighted by Gasteiger charge is 2.57. The lowest BCUT2D eigenvalue weighted by atomic mass is 9.92. The monoisotopic (exact) mass is 323 g/mol. The Morgan fingerprint density at radius 3 is 2.50 bits per heavy atom. The lowest BCUT2D eigenvalue weighted by Crippen LogP contribution is -2.31. The number of rotatable bonds is 4. The Hall–Kier alpha value is -1.44. The van der Waals surface area contributed by atoms with Crippen molar-refractivity contribution < 1.29 is 13.2 Å². The van der Waals surface area contributed by atoms with E-state index < -0.39 is 10.0 Å². The Morgan fingerprint density at radius 1 is 1.27 bits per heavy atom. The zero-order chi connectivity index (χ0) is 15.8. The van der Waals surface area contributed by atoms with Crippen LogP contribution in [-0.4, -0.2) is 27.4 Å². The standard InChI is InChI=1S/C15H21N3O3S/c16-22(20,21)10-11-1-3-12(4-2-11)18-14(19)13-9-15(13)5-7-17-8-6-15/h1-4,13,17H,5-10H2,(H,18,19)(H2,16,20,21). The van der Waals surface area contributed by atoms with E-state index in [1.54, 1.807) is 24.3 Å². The molecule has 7 heteroatoms. The number of primary sulfonamides is 1. The highest BCUT2D eigenvalue weighted by atomic mass is 32.2. The van der Waals surface area contributed by atoms with Crippen molar-refractivity contribution in [3.63, 3.8) is 0 Å². The third-order valence-electron chi connectivity index (χ3n) is 4.69. The van der Waals surface area contributed by atoms with Gasteiger partial charge in [-0.15, -0.1) is 0 Å². The van der Waals surface area contributed by atoms with Gasteiger partial charge in [-0.25, -0.2) is 13.6 Å². The molecule has 120 valence electrons. The van der Waals surface area contributed by atoms with Crippen molar-refractivity contribution >= 4 is 21.6 Å². The van der Waals surface area contributed by atoms with E-state index in [2.05, 4.69) is 10.6 Å². The third-order valence-corrected chi connectivity index (χ3v) is 5.43. The predicted molar refractivity (Wildman–Crippen MR) is 84.5 cm³/mol. The molecule has 1 aromatic carbocycles. The minimum absolute atomic E-state index is 0.0705. The summed E-state index contributed by atoms with van der Waals surface area (Å²) in [6.07, 6.45) is 3.11.